The third-order valence-electron chi connectivity index (χ3n) is 4.41. The van der Waals surface area contributed by atoms with Crippen molar-refractivity contribution in [1.29, 1.82) is 0 Å². The van der Waals surface area contributed by atoms with Gasteiger partial charge in [0.1, 0.15) is 6.61 Å². The van der Waals surface area contributed by atoms with Crippen LogP contribution in [0.4, 0.5) is 0 Å². The zero-order chi connectivity index (χ0) is 20.5. The molecule has 148 valence electrons. The SMILES string of the molecule is O=C(O)CCCC#CCC(O)c1cc2ccccc2nc1OCc1ccccc1. The summed E-state index contributed by atoms with van der Waals surface area (Å²) in [5, 5.41) is 20.3. The zero-order valence-corrected chi connectivity index (χ0v) is 16.0. The number of carboxylic acid groups (broad SMARTS) is 1. The minimum atomic E-state index is -0.843. The van der Waals surface area contributed by atoms with E-state index in [0.29, 0.717) is 30.9 Å². The maximum atomic E-state index is 10.7. The lowest BCUT2D eigenvalue weighted by Gasteiger charge is -2.15. The minimum absolute atomic E-state index is 0.100. The summed E-state index contributed by atoms with van der Waals surface area (Å²) >= 11 is 0. The van der Waals surface area contributed by atoms with E-state index in [1.807, 2.05) is 60.7 Å². The fraction of sp³-hybridized carbons (Fsp3) is 0.250. The van der Waals surface area contributed by atoms with Crippen LogP contribution in [-0.2, 0) is 11.4 Å². The smallest absolute Gasteiger partial charge is 0.303 e. The van der Waals surface area contributed by atoms with Gasteiger partial charge >= 0.3 is 5.97 Å². The number of hydrogen-bond donors (Lipinski definition) is 2. The summed E-state index contributed by atoms with van der Waals surface area (Å²) in [6.07, 6.45) is 0.483. The molecule has 0 radical (unpaired) electrons. The fourth-order valence-electron chi connectivity index (χ4n) is 2.89. The fourth-order valence-corrected chi connectivity index (χ4v) is 2.89. The van der Waals surface area contributed by atoms with Crippen LogP contribution in [0.1, 0.15) is 42.9 Å². The third-order valence-corrected chi connectivity index (χ3v) is 4.41. The summed E-state index contributed by atoms with van der Waals surface area (Å²) in [6, 6.07) is 19.4. The van der Waals surface area contributed by atoms with Crippen molar-refractivity contribution in [2.45, 2.75) is 38.4 Å². The molecule has 0 aliphatic heterocycles. The van der Waals surface area contributed by atoms with E-state index in [2.05, 4.69) is 16.8 Å². The Morgan fingerprint density at radius 1 is 1.07 bits per heavy atom. The summed E-state index contributed by atoms with van der Waals surface area (Å²) in [6.45, 7) is 0.354. The summed E-state index contributed by atoms with van der Waals surface area (Å²) in [5.74, 6) is 5.42. The van der Waals surface area contributed by atoms with Crippen LogP contribution in [0.5, 0.6) is 5.88 Å². The maximum Gasteiger partial charge on any atom is 0.303 e. The van der Waals surface area contributed by atoms with Crippen molar-refractivity contribution >= 4 is 16.9 Å². The second kappa shape index (κ2) is 10.3. The Hall–Kier alpha value is -3.36. The highest BCUT2D eigenvalue weighted by Crippen LogP contribution is 2.29. The second-order valence-corrected chi connectivity index (χ2v) is 6.67. The Kier molecular flexibility index (Phi) is 7.21. The van der Waals surface area contributed by atoms with E-state index in [-0.39, 0.29) is 12.8 Å². The molecule has 5 heteroatoms. The summed E-state index contributed by atoms with van der Waals surface area (Å²) in [7, 11) is 0. The van der Waals surface area contributed by atoms with Gasteiger partial charge in [0, 0.05) is 30.2 Å². The van der Waals surface area contributed by atoms with E-state index in [1.165, 1.54) is 0 Å². The number of benzene rings is 2. The molecule has 0 bridgehead atoms. The number of unbranched alkanes of at least 4 members (excludes halogenated alkanes) is 1. The number of hydrogen-bond acceptors (Lipinski definition) is 4. The molecule has 0 aliphatic carbocycles. The lowest BCUT2D eigenvalue weighted by atomic mass is 10.1. The van der Waals surface area contributed by atoms with Gasteiger partial charge in [0.05, 0.1) is 11.6 Å². The molecule has 3 rings (SSSR count). The van der Waals surface area contributed by atoms with Gasteiger partial charge in [-0.1, -0.05) is 48.5 Å². The topological polar surface area (TPSA) is 79.7 Å². The first-order valence-electron chi connectivity index (χ1n) is 9.55. The average Bonchev–Trinajstić information content (AvgIpc) is 2.74. The summed E-state index contributed by atoms with van der Waals surface area (Å²) in [5.41, 5.74) is 2.41. The van der Waals surface area contributed by atoms with Crippen LogP contribution in [0.25, 0.3) is 10.9 Å². The van der Waals surface area contributed by atoms with Crippen LogP contribution in [0.3, 0.4) is 0 Å². The Bertz CT molecular complexity index is 1020. The number of aromatic nitrogens is 1. The number of aliphatic carboxylic acids is 1. The number of aliphatic hydroxyl groups is 1. The van der Waals surface area contributed by atoms with E-state index >= 15 is 0 Å². The highest BCUT2D eigenvalue weighted by Gasteiger charge is 2.16. The molecule has 2 N–H and O–H groups in total. The van der Waals surface area contributed by atoms with Gasteiger partial charge in [0.25, 0.3) is 0 Å². The van der Waals surface area contributed by atoms with Gasteiger partial charge in [-0.05, 0) is 24.1 Å². The number of nitrogens with zero attached hydrogens (tertiary/aromatic N) is 1. The number of pyridine rings is 1. The van der Waals surface area contributed by atoms with Crippen LogP contribution < -0.4 is 4.74 Å². The first-order chi connectivity index (χ1) is 14.1. The summed E-state index contributed by atoms with van der Waals surface area (Å²) < 4.78 is 5.94. The molecule has 0 amide bonds. The van der Waals surface area contributed by atoms with Crippen molar-refractivity contribution in [2.75, 3.05) is 0 Å². The largest absolute Gasteiger partial charge is 0.481 e. The predicted octanol–water partition coefficient (Wildman–Crippen LogP) is 4.50. The van der Waals surface area contributed by atoms with Gasteiger partial charge in [0.15, 0.2) is 0 Å². The molecule has 0 aliphatic rings. The van der Waals surface area contributed by atoms with Crippen molar-refractivity contribution < 1.29 is 19.7 Å². The molecule has 0 spiro atoms. The van der Waals surface area contributed by atoms with Gasteiger partial charge in [0.2, 0.25) is 5.88 Å². The number of rotatable bonds is 8. The monoisotopic (exact) mass is 389 g/mol. The highest BCUT2D eigenvalue weighted by molar-refractivity contribution is 5.80. The highest BCUT2D eigenvalue weighted by atomic mass is 16.5. The quantitative estimate of drug-likeness (QED) is 0.438. The van der Waals surface area contributed by atoms with Crippen molar-refractivity contribution in [3.05, 3.63) is 71.8 Å². The van der Waals surface area contributed by atoms with Gasteiger partial charge < -0.3 is 14.9 Å². The molecule has 29 heavy (non-hydrogen) atoms. The normalized spacial score (nSPS) is 11.5. The van der Waals surface area contributed by atoms with E-state index in [9.17, 15) is 9.90 Å². The van der Waals surface area contributed by atoms with Crippen molar-refractivity contribution in [3.63, 3.8) is 0 Å². The number of ether oxygens (including phenoxy) is 1. The Balaban J connectivity index is 1.75. The van der Waals surface area contributed by atoms with Gasteiger partial charge in [-0.2, -0.15) is 0 Å². The lowest BCUT2D eigenvalue weighted by Crippen LogP contribution is -2.05. The number of para-hydroxylation sites is 1. The molecule has 1 atom stereocenters. The zero-order valence-electron chi connectivity index (χ0n) is 16.0. The van der Waals surface area contributed by atoms with Gasteiger partial charge in [-0.3, -0.25) is 4.79 Å². The molecular weight excluding hydrogens is 366 g/mol. The second-order valence-electron chi connectivity index (χ2n) is 6.67. The summed E-state index contributed by atoms with van der Waals surface area (Å²) in [4.78, 5) is 15.1. The first kappa shape index (κ1) is 20.4. The Morgan fingerprint density at radius 2 is 1.83 bits per heavy atom. The predicted molar refractivity (Wildman–Crippen MR) is 111 cm³/mol. The first-order valence-corrected chi connectivity index (χ1v) is 9.55. The molecule has 2 aromatic carbocycles. The molecule has 3 aromatic rings. The molecule has 0 fully saturated rings. The van der Waals surface area contributed by atoms with Crippen LogP contribution in [-0.4, -0.2) is 21.2 Å². The molecular formula is C24H23NO4. The molecule has 5 nitrogen and oxygen atoms in total. The van der Waals surface area contributed by atoms with Crippen LogP contribution >= 0.6 is 0 Å². The number of carbonyl (C=O) groups is 1. The van der Waals surface area contributed by atoms with Gasteiger partial charge in [-0.25, -0.2) is 4.98 Å². The van der Waals surface area contributed by atoms with Crippen LogP contribution in [0, 0.1) is 11.8 Å². The third kappa shape index (κ3) is 6.06. The lowest BCUT2D eigenvalue weighted by molar-refractivity contribution is -0.137. The molecule has 0 saturated heterocycles. The van der Waals surface area contributed by atoms with E-state index in [1.54, 1.807) is 0 Å². The Morgan fingerprint density at radius 3 is 2.62 bits per heavy atom. The van der Waals surface area contributed by atoms with Crippen LogP contribution in [0.15, 0.2) is 60.7 Å². The Labute approximate surface area is 170 Å². The molecule has 1 aromatic heterocycles. The van der Waals surface area contributed by atoms with Crippen molar-refractivity contribution in [1.82, 2.24) is 4.98 Å². The minimum Gasteiger partial charge on any atom is -0.481 e. The molecule has 0 saturated carbocycles. The number of aliphatic hydroxyl groups excluding tert-OH is 1. The molecule has 1 heterocycles. The molecule has 1 unspecified atom stereocenters. The van der Waals surface area contributed by atoms with Crippen LogP contribution in [0.2, 0.25) is 0 Å². The van der Waals surface area contributed by atoms with Crippen molar-refractivity contribution in [2.24, 2.45) is 0 Å². The number of carboxylic acids is 1. The van der Waals surface area contributed by atoms with Crippen molar-refractivity contribution in [3.8, 4) is 17.7 Å². The van der Waals surface area contributed by atoms with E-state index in [0.717, 1.165) is 16.5 Å². The standard InChI is InChI=1S/C24H23NO4/c26-22(14-6-1-2-7-15-23(27)28)20-16-19-12-8-9-13-21(19)25-24(20)29-17-18-10-4-3-5-11-18/h3-5,8-13,16,22,26H,2,7,14-15,17H2,(H,27,28). The van der Waals surface area contributed by atoms with E-state index < -0.39 is 12.1 Å². The maximum absolute atomic E-state index is 10.7. The average molecular weight is 389 g/mol. The number of fused-ring (bicyclic) bond motifs is 1. The van der Waals surface area contributed by atoms with E-state index in [4.69, 9.17) is 9.84 Å². The van der Waals surface area contributed by atoms with Gasteiger partial charge in [-0.15, -0.1) is 11.8 Å².